The van der Waals surface area contributed by atoms with E-state index in [4.69, 9.17) is 0 Å². The van der Waals surface area contributed by atoms with Gasteiger partial charge >= 0.3 is 0 Å². The van der Waals surface area contributed by atoms with Crippen LogP contribution in [-0.2, 0) is 13.5 Å². The SMILES string of the molecule is CCc1cn(C)c(C=O)c1C. The van der Waals surface area contributed by atoms with E-state index in [0.29, 0.717) is 0 Å². The first-order chi connectivity index (χ1) is 5.20. The maximum atomic E-state index is 10.6. The third-order valence-electron chi connectivity index (χ3n) is 2.09. The highest BCUT2D eigenvalue weighted by Crippen LogP contribution is 2.13. The lowest BCUT2D eigenvalue weighted by atomic mass is 10.1. The first-order valence-electron chi connectivity index (χ1n) is 3.80. The molecular weight excluding hydrogens is 138 g/mol. The minimum Gasteiger partial charge on any atom is -0.348 e. The molecule has 2 heteroatoms. The van der Waals surface area contributed by atoms with Crippen molar-refractivity contribution in [3.05, 3.63) is 23.0 Å². The predicted octanol–water partition coefficient (Wildman–Crippen LogP) is 1.71. The molecule has 0 N–H and O–H groups in total. The number of carbonyl (C=O) groups excluding carboxylic acids is 1. The van der Waals surface area contributed by atoms with Crippen molar-refractivity contribution < 1.29 is 4.79 Å². The van der Waals surface area contributed by atoms with Crippen molar-refractivity contribution in [3.8, 4) is 0 Å². The van der Waals surface area contributed by atoms with E-state index < -0.39 is 0 Å². The lowest BCUT2D eigenvalue weighted by molar-refractivity contribution is 0.111. The van der Waals surface area contributed by atoms with Crippen LogP contribution in [0.1, 0.15) is 28.5 Å². The van der Waals surface area contributed by atoms with Gasteiger partial charge in [0.2, 0.25) is 0 Å². The van der Waals surface area contributed by atoms with E-state index in [0.717, 1.165) is 24.0 Å². The quantitative estimate of drug-likeness (QED) is 0.590. The minimum atomic E-state index is 0.793. The molecule has 1 rings (SSSR count). The molecule has 0 aliphatic carbocycles. The van der Waals surface area contributed by atoms with Crippen LogP contribution in [0.3, 0.4) is 0 Å². The summed E-state index contributed by atoms with van der Waals surface area (Å²) in [6, 6.07) is 0. The molecule has 1 aromatic heterocycles. The standard InChI is InChI=1S/C9H13NO/c1-4-8-5-10(3)9(6-11)7(8)2/h5-6H,4H2,1-3H3. The van der Waals surface area contributed by atoms with Crippen molar-refractivity contribution in [1.82, 2.24) is 4.57 Å². The average Bonchev–Trinajstić information content (AvgIpc) is 2.26. The molecule has 60 valence electrons. The molecule has 0 aromatic carbocycles. The van der Waals surface area contributed by atoms with Crippen LogP contribution < -0.4 is 0 Å². The van der Waals surface area contributed by atoms with Crippen LogP contribution in [0.15, 0.2) is 6.20 Å². The average molecular weight is 151 g/mol. The molecule has 0 amide bonds. The fourth-order valence-corrected chi connectivity index (χ4v) is 1.36. The molecule has 1 aromatic rings. The highest BCUT2D eigenvalue weighted by molar-refractivity contribution is 5.75. The van der Waals surface area contributed by atoms with Gasteiger partial charge in [0.1, 0.15) is 0 Å². The molecule has 0 bridgehead atoms. The Morgan fingerprint density at radius 1 is 1.64 bits per heavy atom. The molecule has 0 spiro atoms. The second-order valence-electron chi connectivity index (χ2n) is 2.75. The summed E-state index contributed by atoms with van der Waals surface area (Å²) in [5.41, 5.74) is 3.17. The molecule has 0 radical (unpaired) electrons. The van der Waals surface area contributed by atoms with Gasteiger partial charge in [0.05, 0.1) is 5.69 Å². The molecule has 1 heterocycles. The summed E-state index contributed by atoms with van der Waals surface area (Å²) in [5.74, 6) is 0. The summed E-state index contributed by atoms with van der Waals surface area (Å²) in [6.45, 7) is 4.08. The van der Waals surface area contributed by atoms with Gasteiger partial charge in [-0.05, 0) is 24.5 Å². The number of carbonyl (C=O) groups is 1. The van der Waals surface area contributed by atoms with E-state index in [2.05, 4.69) is 6.92 Å². The maximum Gasteiger partial charge on any atom is 0.166 e. The summed E-state index contributed by atoms with van der Waals surface area (Å²) in [5, 5.41) is 0. The van der Waals surface area contributed by atoms with Crippen LogP contribution in [-0.4, -0.2) is 10.9 Å². The molecular formula is C9H13NO. The number of nitrogens with zero attached hydrogens (tertiary/aromatic N) is 1. The first-order valence-corrected chi connectivity index (χ1v) is 3.80. The summed E-state index contributed by atoms with van der Waals surface area (Å²) in [7, 11) is 1.90. The van der Waals surface area contributed by atoms with Crippen LogP contribution in [0.4, 0.5) is 0 Å². The van der Waals surface area contributed by atoms with E-state index >= 15 is 0 Å². The molecule has 0 saturated heterocycles. The van der Waals surface area contributed by atoms with Crippen LogP contribution in [0.25, 0.3) is 0 Å². The number of aromatic nitrogens is 1. The van der Waals surface area contributed by atoms with Crippen molar-refractivity contribution >= 4 is 6.29 Å². The lowest BCUT2D eigenvalue weighted by Gasteiger charge is -1.93. The number of rotatable bonds is 2. The van der Waals surface area contributed by atoms with E-state index in [1.165, 1.54) is 5.56 Å². The topological polar surface area (TPSA) is 22.0 Å². The third kappa shape index (κ3) is 1.20. The van der Waals surface area contributed by atoms with Gasteiger partial charge in [-0.1, -0.05) is 6.92 Å². The van der Waals surface area contributed by atoms with E-state index in [9.17, 15) is 4.79 Å². The molecule has 0 saturated carbocycles. The summed E-state index contributed by atoms with van der Waals surface area (Å²) >= 11 is 0. The van der Waals surface area contributed by atoms with Gasteiger partial charge in [0.15, 0.2) is 6.29 Å². The molecule has 11 heavy (non-hydrogen) atoms. The van der Waals surface area contributed by atoms with Crippen molar-refractivity contribution in [2.24, 2.45) is 7.05 Å². The van der Waals surface area contributed by atoms with E-state index in [1.54, 1.807) is 0 Å². The van der Waals surface area contributed by atoms with Crippen molar-refractivity contribution in [3.63, 3.8) is 0 Å². The monoisotopic (exact) mass is 151 g/mol. The second kappa shape index (κ2) is 2.91. The number of aldehydes is 1. The summed E-state index contributed by atoms with van der Waals surface area (Å²) in [6.07, 6.45) is 3.92. The molecule has 0 unspecified atom stereocenters. The van der Waals surface area contributed by atoms with Crippen LogP contribution in [0, 0.1) is 6.92 Å². The van der Waals surface area contributed by atoms with E-state index in [1.807, 2.05) is 24.7 Å². The fourth-order valence-electron chi connectivity index (χ4n) is 1.36. The lowest BCUT2D eigenvalue weighted by Crippen LogP contribution is -1.93. The Morgan fingerprint density at radius 2 is 2.27 bits per heavy atom. The molecule has 0 aliphatic heterocycles. The summed E-state index contributed by atoms with van der Waals surface area (Å²) < 4.78 is 1.88. The Labute approximate surface area is 66.8 Å². The fraction of sp³-hybridized carbons (Fsp3) is 0.444. The van der Waals surface area contributed by atoms with Crippen molar-refractivity contribution in [2.45, 2.75) is 20.3 Å². The summed E-state index contributed by atoms with van der Waals surface area (Å²) in [4.78, 5) is 10.6. The van der Waals surface area contributed by atoms with Crippen molar-refractivity contribution in [1.29, 1.82) is 0 Å². The number of aryl methyl sites for hydroxylation is 2. The van der Waals surface area contributed by atoms with Crippen molar-refractivity contribution in [2.75, 3.05) is 0 Å². The highest BCUT2D eigenvalue weighted by atomic mass is 16.1. The zero-order valence-electron chi connectivity index (χ0n) is 7.22. The minimum absolute atomic E-state index is 0.793. The number of hydrogen-bond donors (Lipinski definition) is 0. The van der Waals surface area contributed by atoms with Crippen LogP contribution in [0.5, 0.6) is 0 Å². The van der Waals surface area contributed by atoms with Gasteiger partial charge in [-0.3, -0.25) is 4.79 Å². The van der Waals surface area contributed by atoms with Gasteiger partial charge in [0, 0.05) is 13.2 Å². The Hall–Kier alpha value is -1.05. The van der Waals surface area contributed by atoms with Gasteiger partial charge in [0.25, 0.3) is 0 Å². The number of hydrogen-bond acceptors (Lipinski definition) is 1. The van der Waals surface area contributed by atoms with Gasteiger partial charge in [-0.15, -0.1) is 0 Å². The zero-order valence-corrected chi connectivity index (χ0v) is 7.22. The van der Waals surface area contributed by atoms with E-state index in [-0.39, 0.29) is 0 Å². The predicted molar refractivity (Wildman–Crippen MR) is 44.9 cm³/mol. The molecule has 0 aliphatic rings. The molecule has 2 nitrogen and oxygen atoms in total. The van der Waals surface area contributed by atoms with Gasteiger partial charge < -0.3 is 4.57 Å². The zero-order chi connectivity index (χ0) is 8.43. The third-order valence-corrected chi connectivity index (χ3v) is 2.09. The molecule has 0 atom stereocenters. The Bertz CT molecular complexity index is 273. The largest absolute Gasteiger partial charge is 0.348 e. The van der Waals surface area contributed by atoms with Gasteiger partial charge in [-0.2, -0.15) is 0 Å². The Balaban J connectivity index is 3.24. The second-order valence-corrected chi connectivity index (χ2v) is 2.75. The van der Waals surface area contributed by atoms with Crippen LogP contribution >= 0.6 is 0 Å². The first kappa shape index (κ1) is 8.05. The molecule has 0 fully saturated rings. The van der Waals surface area contributed by atoms with Crippen LogP contribution in [0.2, 0.25) is 0 Å². The highest BCUT2D eigenvalue weighted by Gasteiger charge is 2.06. The Kier molecular flexibility index (Phi) is 2.13. The maximum absolute atomic E-state index is 10.6. The smallest absolute Gasteiger partial charge is 0.166 e. The van der Waals surface area contributed by atoms with Gasteiger partial charge in [-0.25, -0.2) is 0 Å². The normalized spacial score (nSPS) is 10.1. The Morgan fingerprint density at radius 3 is 2.55 bits per heavy atom.